The van der Waals surface area contributed by atoms with E-state index in [2.05, 4.69) is 17.4 Å². The molecule has 1 heterocycles. The molecule has 3 aromatic rings. The largest absolute Gasteiger partial charge is 0.484 e. The zero-order valence-corrected chi connectivity index (χ0v) is 19.2. The highest BCUT2D eigenvalue weighted by Gasteiger charge is 2.24. The van der Waals surface area contributed by atoms with E-state index < -0.39 is 0 Å². The fourth-order valence-corrected chi connectivity index (χ4v) is 4.03. The summed E-state index contributed by atoms with van der Waals surface area (Å²) in [7, 11) is 0. The first-order valence-electron chi connectivity index (χ1n) is 11.4. The Kier molecular flexibility index (Phi) is 7.08. The number of benzene rings is 3. The molecule has 1 aliphatic rings. The molecular formula is C28H30N2O3. The van der Waals surface area contributed by atoms with Crippen molar-refractivity contribution in [1.82, 2.24) is 10.2 Å². The van der Waals surface area contributed by atoms with Gasteiger partial charge in [0.05, 0.1) is 0 Å². The number of aryl methyl sites for hydroxylation is 2. The van der Waals surface area contributed by atoms with Gasteiger partial charge in [0.1, 0.15) is 5.75 Å². The second-order valence-corrected chi connectivity index (χ2v) is 8.61. The van der Waals surface area contributed by atoms with Gasteiger partial charge in [-0.1, -0.05) is 48.5 Å². The number of ether oxygens (including phenoxy) is 1. The number of likely N-dealkylation sites (tertiary alicyclic amines) is 1. The van der Waals surface area contributed by atoms with Crippen LogP contribution in [0.5, 0.6) is 5.75 Å². The Labute approximate surface area is 195 Å². The van der Waals surface area contributed by atoms with E-state index in [0.29, 0.717) is 24.4 Å². The Morgan fingerprint density at radius 2 is 1.55 bits per heavy atom. The van der Waals surface area contributed by atoms with Crippen molar-refractivity contribution in [3.8, 4) is 16.9 Å². The molecule has 1 saturated heterocycles. The summed E-state index contributed by atoms with van der Waals surface area (Å²) in [6, 6.07) is 23.7. The van der Waals surface area contributed by atoms with Crippen LogP contribution in [0.25, 0.3) is 11.1 Å². The quantitative estimate of drug-likeness (QED) is 0.598. The highest BCUT2D eigenvalue weighted by molar-refractivity contribution is 5.94. The van der Waals surface area contributed by atoms with Crippen LogP contribution >= 0.6 is 0 Å². The van der Waals surface area contributed by atoms with Gasteiger partial charge < -0.3 is 15.0 Å². The molecule has 3 aromatic carbocycles. The molecule has 0 spiro atoms. The minimum absolute atomic E-state index is 0.0190. The lowest BCUT2D eigenvalue weighted by molar-refractivity contribution is -0.134. The highest BCUT2D eigenvalue weighted by Crippen LogP contribution is 2.20. The molecule has 170 valence electrons. The van der Waals surface area contributed by atoms with Crippen LogP contribution in [0.4, 0.5) is 0 Å². The minimum atomic E-state index is -0.0718. The molecule has 1 N–H and O–H groups in total. The monoisotopic (exact) mass is 442 g/mol. The number of piperidine rings is 1. The summed E-state index contributed by atoms with van der Waals surface area (Å²) in [6.07, 6.45) is 1.48. The molecule has 5 heteroatoms. The summed E-state index contributed by atoms with van der Waals surface area (Å²) in [4.78, 5) is 27.0. The van der Waals surface area contributed by atoms with Gasteiger partial charge in [-0.15, -0.1) is 0 Å². The number of amides is 2. The topological polar surface area (TPSA) is 58.6 Å². The third-order valence-electron chi connectivity index (χ3n) is 6.28. The first kappa shape index (κ1) is 22.6. The summed E-state index contributed by atoms with van der Waals surface area (Å²) >= 11 is 0. The lowest BCUT2D eigenvalue weighted by Gasteiger charge is -2.32. The minimum Gasteiger partial charge on any atom is -0.484 e. The first-order valence-corrected chi connectivity index (χ1v) is 11.4. The smallest absolute Gasteiger partial charge is 0.260 e. The third-order valence-corrected chi connectivity index (χ3v) is 6.28. The lowest BCUT2D eigenvalue weighted by atomic mass is 10.0. The van der Waals surface area contributed by atoms with Crippen LogP contribution in [0.1, 0.15) is 34.3 Å². The number of carbonyl (C=O) groups is 2. The Bertz CT molecular complexity index is 1100. The average molecular weight is 443 g/mol. The summed E-state index contributed by atoms with van der Waals surface area (Å²) in [5, 5.41) is 3.12. The highest BCUT2D eigenvalue weighted by atomic mass is 16.5. The van der Waals surface area contributed by atoms with Gasteiger partial charge in [0.2, 0.25) is 0 Å². The third kappa shape index (κ3) is 5.80. The Morgan fingerprint density at radius 3 is 2.21 bits per heavy atom. The van der Waals surface area contributed by atoms with E-state index in [4.69, 9.17) is 4.74 Å². The maximum absolute atomic E-state index is 12.7. The normalized spacial score (nSPS) is 14.1. The molecule has 0 bridgehead atoms. The molecule has 2 amide bonds. The molecule has 0 aliphatic carbocycles. The number of carbonyl (C=O) groups excluding carboxylic acids is 2. The number of nitrogens with one attached hydrogen (secondary N) is 1. The molecule has 0 saturated carbocycles. The molecule has 0 aromatic heterocycles. The van der Waals surface area contributed by atoms with Crippen molar-refractivity contribution in [3.05, 3.63) is 89.5 Å². The van der Waals surface area contributed by atoms with Crippen molar-refractivity contribution in [2.24, 2.45) is 0 Å². The molecule has 0 radical (unpaired) electrons. The molecule has 33 heavy (non-hydrogen) atoms. The molecule has 1 fully saturated rings. The van der Waals surface area contributed by atoms with Crippen molar-refractivity contribution < 1.29 is 14.3 Å². The van der Waals surface area contributed by atoms with Gasteiger partial charge in [0.15, 0.2) is 6.61 Å². The predicted octanol–water partition coefficient (Wildman–Crippen LogP) is 4.77. The van der Waals surface area contributed by atoms with Crippen LogP contribution in [0, 0.1) is 13.8 Å². The van der Waals surface area contributed by atoms with Gasteiger partial charge in [0.25, 0.3) is 11.8 Å². The average Bonchev–Trinajstić information content (AvgIpc) is 2.85. The fraction of sp³-hybridized carbons (Fsp3) is 0.286. The molecule has 5 nitrogen and oxygen atoms in total. The van der Waals surface area contributed by atoms with Crippen LogP contribution in [0.15, 0.2) is 72.8 Å². The second-order valence-electron chi connectivity index (χ2n) is 8.61. The first-order chi connectivity index (χ1) is 16.0. The van der Waals surface area contributed by atoms with Crippen LogP contribution < -0.4 is 10.1 Å². The Balaban J connectivity index is 1.23. The molecule has 0 atom stereocenters. The summed E-state index contributed by atoms with van der Waals surface area (Å²) < 4.78 is 5.69. The van der Waals surface area contributed by atoms with E-state index in [1.165, 1.54) is 5.56 Å². The number of hydrogen-bond donors (Lipinski definition) is 1. The second kappa shape index (κ2) is 10.3. The maximum Gasteiger partial charge on any atom is 0.260 e. The van der Waals surface area contributed by atoms with Gasteiger partial charge in [-0.25, -0.2) is 0 Å². The Hall–Kier alpha value is -3.60. The SMILES string of the molecule is Cc1ccc(OCC(=O)N2CCC(NC(=O)c3ccc(-c4ccccc4)cc3)CC2)cc1C. The zero-order chi connectivity index (χ0) is 23.2. The van der Waals surface area contributed by atoms with Crippen LogP contribution in [0.3, 0.4) is 0 Å². The number of nitrogens with zero attached hydrogens (tertiary/aromatic N) is 1. The Morgan fingerprint density at radius 1 is 0.879 bits per heavy atom. The van der Waals surface area contributed by atoms with E-state index in [9.17, 15) is 9.59 Å². The molecule has 4 rings (SSSR count). The standard InChI is InChI=1S/C28H30N2O3/c1-20-8-13-26(18-21(20)2)33-19-27(31)30-16-14-25(15-17-30)29-28(32)24-11-9-23(10-12-24)22-6-4-3-5-7-22/h3-13,18,25H,14-17,19H2,1-2H3,(H,29,32). The van der Waals surface area contributed by atoms with E-state index >= 15 is 0 Å². The van der Waals surface area contributed by atoms with Crippen molar-refractivity contribution in [2.45, 2.75) is 32.7 Å². The summed E-state index contributed by atoms with van der Waals surface area (Å²) in [5.74, 6) is 0.624. The van der Waals surface area contributed by atoms with E-state index in [0.717, 1.165) is 29.5 Å². The summed E-state index contributed by atoms with van der Waals surface area (Å²) in [5.41, 5.74) is 5.20. The van der Waals surface area contributed by atoms with E-state index in [1.54, 1.807) is 0 Å². The summed E-state index contributed by atoms with van der Waals surface area (Å²) in [6.45, 7) is 5.35. The maximum atomic E-state index is 12.7. The molecule has 1 aliphatic heterocycles. The lowest BCUT2D eigenvalue weighted by Crippen LogP contribution is -2.47. The van der Waals surface area contributed by atoms with Crippen LogP contribution in [0.2, 0.25) is 0 Å². The number of rotatable bonds is 6. The van der Waals surface area contributed by atoms with Crippen molar-refractivity contribution in [3.63, 3.8) is 0 Å². The van der Waals surface area contributed by atoms with Gasteiger partial charge in [-0.05, 0) is 73.2 Å². The van der Waals surface area contributed by atoms with Crippen molar-refractivity contribution in [1.29, 1.82) is 0 Å². The number of hydrogen-bond acceptors (Lipinski definition) is 3. The van der Waals surface area contributed by atoms with Crippen molar-refractivity contribution in [2.75, 3.05) is 19.7 Å². The van der Waals surface area contributed by atoms with Crippen LogP contribution in [-0.2, 0) is 4.79 Å². The fourth-order valence-electron chi connectivity index (χ4n) is 4.03. The van der Waals surface area contributed by atoms with Gasteiger partial charge in [0, 0.05) is 24.7 Å². The van der Waals surface area contributed by atoms with Gasteiger partial charge in [-0.3, -0.25) is 9.59 Å². The van der Waals surface area contributed by atoms with E-state index in [-0.39, 0.29) is 24.5 Å². The van der Waals surface area contributed by atoms with E-state index in [1.807, 2.05) is 79.4 Å². The van der Waals surface area contributed by atoms with Crippen molar-refractivity contribution >= 4 is 11.8 Å². The van der Waals surface area contributed by atoms with Crippen LogP contribution in [-0.4, -0.2) is 42.5 Å². The molecule has 0 unspecified atom stereocenters. The molecular weight excluding hydrogens is 412 g/mol. The van der Waals surface area contributed by atoms with Gasteiger partial charge >= 0.3 is 0 Å². The van der Waals surface area contributed by atoms with Gasteiger partial charge in [-0.2, -0.15) is 0 Å². The predicted molar refractivity (Wildman–Crippen MR) is 130 cm³/mol. The zero-order valence-electron chi connectivity index (χ0n) is 19.2.